The number of thiocarbonyl (C=S) groups is 1. The smallest absolute Gasteiger partial charge is 0.229 e. The number of nitrogens with one attached hydrogen (secondary N) is 3. The van der Waals surface area contributed by atoms with Crippen LogP contribution in [-0.4, -0.2) is 47.2 Å². The lowest BCUT2D eigenvalue weighted by atomic mass is 9.91. The van der Waals surface area contributed by atoms with Crippen LogP contribution in [0.4, 0.5) is 11.8 Å². The van der Waals surface area contributed by atoms with Crippen molar-refractivity contribution in [3.8, 4) is 0 Å². The van der Waals surface area contributed by atoms with E-state index in [-0.39, 0.29) is 11.8 Å². The molecule has 2 aromatic rings. The van der Waals surface area contributed by atoms with Crippen LogP contribution < -0.4 is 20.9 Å². The molecular formula is C25H36N6OS. The zero-order chi connectivity index (χ0) is 23.2. The van der Waals surface area contributed by atoms with Crippen LogP contribution in [0.2, 0.25) is 0 Å². The summed E-state index contributed by atoms with van der Waals surface area (Å²) in [6, 6.07) is 8.73. The molecule has 0 aliphatic heterocycles. The summed E-state index contributed by atoms with van der Waals surface area (Å²) in [5.74, 6) is 1.81. The van der Waals surface area contributed by atoms with E-state index in [9.17, 15) is 4.79 Å². The Bertz CT molecular complexity index is 965. The molecule has 1 aromatic heterocycles. The largest absolute Gasteiger partial charge is 0.362 e. The van der Waals surface area contributed by atoms with Gasteiger partial charge in [0.25, 0.3) is 0 Å². The highest BCUT2D eigenvalue weighted by Gasteiger charge is 2.25. The van der Waals surface area contributed by atoms with Gasteiger partial charge in [0.05, 0.1) is 5.52 Å². The van der Waals surface area contributed by atoms with Crippen molar-refractivity contribution in [2.45, 2.75) is 76.3 Å². The Hall–Kier alpha value is -2.48. The van der Waals surface area contributed by atoms with E-state index in [0.29, 0.717) is 23.1 Å². The molecule has 0 saturated heterocycles. The fourth-order valence-electron chi connectivity index (χ4n) is 5.01. The quantitative estimate of drug-likeness (QED) is 0.444. The van der Waals surface area contributed by atoms with Crippen molar-refractivity contribution in [1.29, 1.82) is 0 Å². The van der Waals surface area contributed by atoms with Gasteiger partial charge in [-0.3, -0.25) is 4.79 Å². The first-order chi connectivity index (χ1) is 16.0. The number of rotatable bonds is 5. The van der Waals surface area contributed by atoms with Gasteiger partial charge in [0, 0.05) is 37.5 Å². The minimum Gasteiger partial charge on any atom is -0.362 e. The third kappa shape index (κ3) is 6.31. The van der Waals surface area contributed by atoms with E-state index in [1.165, 1.54) is 12.8 Å². The Labute approximate surface area is 202 Å². The fraction of sp³-hybridized carbons (Fsp3) is 0.600. The summed E-state index contributed by atoms with van der Waals surface area (Å²) < 4.78 is 0. The van der Waals surface area contributed by atoms with E-state index in [4.69, 9.17) is 22.2 Å². The predicted molar refractivity (Wildman–Crippen MR) is 139 cm³/mol. The Morgan fingerprint density at radius 1 is 0.939 bits per heavy atom. The maximum absolute atomic E-state index is 12.6. The van der Waals surface area contributed by atoms with Crippen LogP contribution in [0.5, 0.6) is 0 Å². The number of hydrogen-bond donors (Lipinski definition) is 3. The van der Waals surface area contributed by atoms with Gasteiger partial charge < -0.3 is 20.9 Å². The summed E-state index contributed by atoms with van der Waals surface area (Å²) in [5.41, 5.74) is 0.948. The number of hydrogen-bond acceptors (Lipinski definition) is 6. The van der Waals surface area contributed by atoms with E-state index >= 15 is 0 Å². The lowest BCUT2D eigenvalue weighted by Gasteiger charge is -2.30. The molecule has 2 aliphatic rings. The number of amides is 1. The van der Waals surface area contributed by atoms with Crippen LogP contribution in [0.25, 0.3) is 10.9 Å². The van der Waals surface area contributed by atoms with Crippen molar-refractivity contribution in [2.24, 2.45) is 5.92 Å². The number of fused-ring (bicyclic) bond motifs is 1. The van der Waals surface area contributed by atoms with Gasteiger partial charge in [0.15, 0.2) is 5.11 Å². The highest BCUT2D eigenvalue weighted by Crippen LogP contribution is 2.26. The van der Waals surface area contributed by atoms with Crippen molar-refractivity contribution < 1.29 is 4.79 Å². The molecule has 1 amide bonds. The van der Waals surface area contributed by atoms with Gasteiger partial charge in [0.1, 0.15) is 5.82 Å². The van der Waals surface area contributed by atoms with Gasteiger partial charge in [-0.2, -0.15) is 4.98 Å². The molecule has 0 atom stereocenters. The van der Waals surface area contributed by atoms with Gasteiger partial charge in [0.2, 0.25) is 11.9 Å². The predicted octanol–water partition coefficient (Wildman–Crippen LogP) is 4.38. The van der Waals surface area contributed by atoms with Crippen LogP contribution in [0, 0.1) is 5.92 Å². The molecule has 1 heterocycles. The second-order valence-corrected chi connectivity index (χ2v) is 10.0. The molecule has 4 rings (SSSR count). The molecule has 2 aliphatic carbocycles. The summed E-state index contributed by atoms with van der Waals surface area (Å²) in [4.78, 5) is 24.1. The van der Waals surface area contributed by atoms with Gasteiger partial charge in [-0.15, -0.1) is 0 Å². The van der Waals surface area contributed by atoms with Gasteiger partial charge in [-0.25, -0.2) is 4.98 Å². The number of aromatic nitrogens is 2. The van der Waals surface area contributed by atoms with Crippen molar-refractivity contribution in [2.75, 3.05) is 24.3 Å². The SMILES string of the molecule is CN(C)c1nc(NC2CCC(NC(=S)NC(=O)C3CCCCCC3)CC2)nc2ccccc12. The number of nitrogens with zero attached hydrogens (tertiary/aromatic N) is 3. The minimum atomic E-state index is 0.0925. The molecular weight excluding hydrogens is 432 g/mol. The molecule has 0 spiro atoms. The van der Waals surface area contributed by atoms with Crippen LogP contribution in [0.3, 0.4) is 0 Å². The summed E-state index contributed by atoms with van der Waals surface area (Å²) >= 11 is 5.45. The molecule has 8 heteroatoms. The molecule has 0 unspecified atom stereocenters. The summed E-state index contributed by atoms with van der Waals surface area (Å²) in [6.45, 7) is 0. The Morgan fingerprint density at radius 3 is 2.30 bits per heavy atom. The lowest BCUT2D eigenvalue weighted by molar-refractivity contribution is -0.123. The van der Waals surface area contributed by atoms with E-state index in [1.54, 1.807) is 0 Å². The number of anilines is 2. The third-order valence-corrected chi connectivity index (χ3v) is 7.08. The van der Waals surface area contributed by atoms with Gasteiger partial charge in [-0.05, 0) is 62.9 Å². The zero-order valence-corrected chi connectivity index (χ0v) is 20.6. The fourth-order valence-corrected chi connectivity index (χ4v) is 5.27. The first-order valence-corrected chi connectivity index (χ1v) is 12.7. The second kappa shape index (κ2) is 11.1. The third-order valence-electron chi connectivity index (χ3n) is 6.87. The Kier molecular flexibility index (Phi) is 7.96. The summed E-state index contributed by atoms with van der Waals surface area (Å²) in [6.07, 6.45) is 10.7. The molecule has 7 nitrogen and oxygen atoms in total. The standard InChI is InChI=1S/C25H36N6OS/c1-31(2)22-20-11-7-8-12-21(20)28-24(29-22)26-18-13-15-19(16-14-18)27-25(33)30-23(32)17-9-5-3-4-6-10-17/h7-8,11-12,17-19H,3-6,9-10,13-16H2,1-2H3,(H,26,28,29)(H2,27,30,32,33). The van der Waals surface area contributed by atoms with E-state index < -0.39 is 0 Å². The van der Waals surface area contributed by atoms with Crippen LogP contribution in [0.1, 0.15) is 64.2 Å². The normalized spacial score (nSPS) is 21.8. The summed E-state index contributed by atoms with van der Waals surface area (Å²) in [5, 5.41) is 11.4. The van der Waals surface area contributed by atoms with Crippen molar-refractivity contribution in [1.82, 2.24) is 20.6 Å². The van der Waals surface area contributed by atoms with Gasteiger partial charge in [-0.1, -0.05) is 37.8 Å². The van der Waals surface area contributed by atoms with E-state index in [1.807, 2.05) is 37.2 Å². The zero-order valence-electron chi connectivity index (χ0n) is 19.8. The van der Waals surface area contributed by atoms with Crippen molar-refractivity contribution >= 4 is 45.9 Å². The average Bonchev–Trinajstić information content (AvgIpc) is 3.09. The van der Waals surface area contributed by atoms with E-state index in [0.717, 1.165) is 68.1 Å². The number of benzene rings is 1. The highest BCUT2D eigenvalue weighted by atomic mass is 32.1. The van der Waals surface area contributed by atoms with Gasteiger partial charge >= 0.3 is 0 Å². The minimum absolute atomic E-state index is 0.0925. The second-order valence-electron chi connectivity index (χ2n) is 9.63. The average molecular weight is 469 g/mol. The monoisotopic (exact) mass is 468 g/mol. The molecule has 178 valence electrons. The number of para-hydroxylation sites is 1. The maximum atomic E-state index is 12.6. The van der Waals surface area contributed by atoms with Crippen LogP contribution in [-0.2, 0) is 4.79 Å². The first kappa shape index (κ1) is 23.7. The number of carbonyl (C=O) groups is 1. The molecule has 0 radical (unpaired) electrons. The van der Waals surface area contributed by atoms with Crippen molar-refractivity contribution in [3.05, 3.63) is 24.3 Å². The molecule has 1 aromatic carbocycles. The van der Waals surface area contributed by atoms with Crippen LogP contribution >= 0.6 is 12.2 Å². The molecule has 2 saturated carbocycles. The highest BCUT2D eigenvalue weighted by molar-refractivity contribution is 7.80. The van der Waals surface area contributed by atoms with Crippen molar-refractivity contribution in [3.63, 3.8) is 0 Å². The molecule has 0 bridgehead atoms. The number of carbonyl (C=O) groups excluding carboxylic acids is 1. The lowest BCUT2D eigenvalue weighted by Crippen LogP contribution is -2.48. The van der Waals surface area contributed by atoms with Crippen LogP contribution in [0.15, 0.2) is 24.3 Å². The molecule has 33 heavy (non-hydrogen) atoms. The maximum Gasteiger partial charge on any atom is 0.229 e. The Balaban J connectivity index is 1.27. The summed E-state index contributed by atoms with van der Waals surface area (Å²) in [7, 11) is 4.01. The molecule has 3 N–H and O–H groups in total. The topological polar surface area (TPSA) is 82.2 Å². The molecule has 2 fully saturated rings. The Morgan fingerprint density at radius 2 is 1.61 bits per heavy atom. The van der Waals surface area contributed by atoms with E-state index in [2.05, 4.69) is 22.0 Å². The first-order valence-electron chi connectivity index (χ1n) is 12.3.